The number of aryl methyl sites for hydroxylation is 1. The van der Waals surface area contributed by atoms with E-state index in [1.807, 2.05) is 6.92 Å². The summed E-state index contributed by atoms with van der Waals surface area (Å²) in [6, 6.07) is 8.38. The summed E-state index contributed by atoms with van der Waals surface area (Å²) < 4.78 is 7.22. The van der Waals surface area contributed by atoms with Crippen molar-refractivity contribution >= 4 is 11.9 Å². The van der Waals surface area contributed by atoms with Gasteiger partial charge in [0.2, 0.25) is 11.9 Å². The zero-order chi connectivity index (χ0) is 24.7. The lowest BCUT2D eigenvalue weighted by Gasteiger charge is -2.27. The molecule has 0 aliphatic heterocycles. The van der Waals surface area contributed by atoms with Crippen LogP contribution in [0, 0.1) is 12.8 Å². The molecular formula is C25H28N8O2. The number of nitrogens with zero attached hydrogens (tertiary/aromatic N) is 7. The molecule has 0 saturated heterocycles. The van der Waals surface area contributed by atoms with Crippen LogP contribution in [0.5, 0.6) is 0 Å². The van der Waals surface area contributed by atoms with E-state index < -0.39 is 0 Å². The van der Waals surface area contributed by atoms with Crippen LogP contribution in [0.2, 0.25) is 0 Å². The molecule has 1 aliphatic rings. The Morgan fingerprint density at radius 3 is 2.57 bits per heavy atom. The molecule has 10 heteroatoms. The van der Waals surface area contributed by atoms with Crippen molar-refractivity contribution in [3.8, 4) is 22.6 Å². The van der Waals surface area contributed by atoms with E-state index in [0.717, 1.165) is 35.2 Å². The number of likely N-dealkylation sites (N-methyl/N-ethyl adjacent to an activating group) is 1. The average molecular weight is 473 g/mol. The van der Waals surface area contributed by atoms with Crippen molar-refractivity contribution in [2.75, 3.05) is 19.8 Å². The number of benzene rings is 1. The Labute approximate surface area is 203 Å². The third-order valence-electron chi connectivity index (χ3n) is 6.75. The molecule has 1 unspecified atom stereocenters. The SMILES string of the molecule is Cc1nc(N)ncc1-c1ccc(C(C)(c2noc(-c3cnn(CC(=O)N(C)C)c3)n2)C2CC2)cc1. The first kappa shape index (κ1) is 22.7. The fourth-order valence-corrected chi connectivity index (χ4v) is 4.36. The predicted molar refractivity (Wildman–Crippen MR) is 130 cm³/mol. The van der Waals surface area contributed by atoms with Crippen molar-refractivity contribution in [1.82, 2.24) is 34.8 Å². The van der Waals surface area contributed by atoms with Crippen LogP contribution < -0.4 is 5.73 Å². The zero-order valence-corrected chi connectivity index (χ0v) is 20.3. The molecule has 1 amide bonds. The second-order valence-electron chi connectivity index (χ2n) is 9.42. The van der Waals surface area contributed by atoms with E-state index in [-0.39, 0.29) is 23.8 Å². The number of hydrogen-bond acceptors (Lipinski definition) is 8. The zero-order valence-electron chi connectivity index (χ0n) is 20.3. The summed E-state index contributed by atoms with van der Waals surface area (Å²) in [5, 5.41) is 8.64. The van der Waals surface area contributed by atoms with Gasteiger partial charge in [0.15, 0.2) is 5.82 Å². The van der Waals surface area contributed by atoms with Crippen LogP contribution in [-0.4, -0.2) is 54.8 Å². The second kappa shape index (κ2) is 8.61. The molecule has 4 aromatic rings. The van der Waals surface area contributed by atoms with E-state index in [2.05, 4.69) is 51.4 Å². The van der Waals surface area contributed by atoms with Crippen LogP contribution in [0.1, 0.15) is 36.8 Å². The van der Waals surface area contributed by atoms with Crippen molar-refractivity contribution in [2.45, 2.75) is 38.6 Å². The minimum absolute atomic E-state index is 0.0450. The van der Waals surface area contributed by atoms with E-state index in [1.54, 1.807) is 37.4 Å². The van der Waals surface area contributed by atoms with Gasteiger partial charge in [-0.3, -0.25) is 9.48 Å². The summed E-state index contributed by atoms with van der Waals surface area (Å²) in [5.74, 6) is 1.69. The minimum atomic E-state index is -0.385. The van der Waals surface area contributed by atoms with Crippen LogP contribution in [0.15, 0.2) is 47.4 Å². The Balaban J connectivity index is 1.42. The molecule has 5 rings (SSSR count). The molecule has 1 aromatic carbocycles. The Kier molecular flexibility index (Phi) is 5.58. The molecule has 35 heavy (non-hydrogen) atoms. The summed E-state index contributed by atoms with van der Waals surface area (Å²) in [7, 11) is 3.43. The van der Waals surface area contributed by atoms with Gasteiger partial charge < -0.3 is 15.2 Å². The molecule has 3 heterocycles. The summed E-state index contributed by atoms with van der Waals surface area (Å²) in [5.41, 5.74) is 9.94. The third-order valence-corrected chi connectivity index (χ3v) is 6.75. The van der Waals surface area contributed by atoms with E-state index in [9.17, 15) is 4.79 Å². The first-order valence-corrected chi connectivity index (χ1v) is 11.5. The molecule has 10 nitrogen and oxygen atoms in total. The van der Waals surface area contributed by atoms with Crippen molar-refractivity contribution < 1.29 is 9.32 Å². The molecule has 2 N–H and O–H groups in total. The van der Waals surface area contributed by atoms with E-state index >= 15 is 0 Å². The molecule has 1 fully saturated rings. The summed E-state index contributed by atoms with van der Waals surface area (Å²) in [6.07, 6.45) is 7.36. The highest BCUT2D eigenvalue weighted by Gasteiger charge is 2.47. The van der Waals surface area contributed by atoms with Crippen LogP contribution in [0.3, 0.4) is 0 Å². The standard InChI is InChI=1S/C25H28N8O2/c1-15-20(12-27-24(26)29-15)16-5-7-18(8-6-16)25(2,19-9-10-19)23-30-22(35-31-23)17-11-28-33(13-17)14-21(34)32(3)4/h5-8,11-13,19H,9-10,14H2,1-4H3,(H2,26,27,29). The van der Waals surface area contributed by atoms with E-state index in [0.29, 0.717) is 23.2 Å². The van der Waals surface area contributed by atoms with Gasteiger partial charge in [-0.05, 0) is 43.7 Å². The number of nitrogens with two attached hydrogens (primary N) is 1. The maximum absolute atomic E-state index is 12.0. The van der Waals surface area contributed by atoms with Crippen molar-refractivity contribution in [1.29, 1.82) is 0 Å². The minimum Gasteiger partial charge on any atom is -0.368 e. The first-order chi connectivity index (χ1) is 16.8. The normalized spacial score (nSPS) is 15.1. The van der Waals surface area contributed by atoms with Gasteiger partial charge in [-0.25, -0.2) is 9.97 Å². The van der Waals surface area contributed by atoms with Crippen LogP contribution >= 0.6 is 0 Å². The van der Waals surface area contributed by atoms with Crippen molar-refractivity contribution in [3.63, 3.8) is 0 Å². The lowest BCUT2D eigenvalue weighted by molar-refractivity contribution is -0.129. The number of nitrogen functional groups attached to an aromatic ring is 1. The Hall–Kier alpha value is -4.08. The van der Waals surface area contributed by atoms with Gasteiger partial charge in [-0.1, -0.05) is 29.4 Å². The largest absolute Gasteiger partial charge is 0.368 e. The fraction of sp³-hybridized carbons (Fsp3) is 0.360. The molecule has 1 saturated carbocycles. The van der Waals surface area contributed by atoms with Crippen molar-refractivity contribution in [3.05, 3.63) is 59.9 Å². The van der Waals surface area contributed by atoms with Gasteiger partial charge in [0.05, 0.1) is 22.9 Å². The molecule has 0 spiro atoms. The Morgan fingerprint density at radius 2 is 1.91 bits per heavy atom. The first-order valence-electron chi connectivity index (χ1n) is 11.5. The highest BCUT2D eigenvalue weighted by Crippen LogP contribution is 2.50. The second-order valence-corrected chi connectivity index (χ2v) is 9.42. The highest BCUT2D eigenvalue weighted by molar-refractivity contribution is 5.75. The molecule has 3 aromatic heterocycles. The smallest absolute Gasteiger partial charge is 0.261 e. The number of anilines is 1. The van der Waals surface area contributed by atoms with Gasteiger partial charge in [-0.15, -0.1) is 0 Å². The number of carbonyl (C=O) groups excluding carboxylic acids is 1. The average Bonchev–Trinajstić information content (AvgIpc) is 3.39. The summed E-state index contributed by atoms with van der Waals surface area (Å²) in [6.45, 7) is 4.25. The third kappa shape index (κ3) is 4.27. The van der Waals surface area contributed by atoms with Gasteiger partial charge >= 0.3 is 0 Å². The molecular weight excluding hydrogens is 444 g/mol. The number of hydrogen-bond donors (Lipinski definition) is 1. The molecule has 180 valence electrons. The molecule has 0 radical (unpaired) electrons. The van der Waals surface area contributed by atoms with Gasteiger partial charge in [0.25, 0.3) is 5.89 Å². The van der Waals surface area contributed by atoms with Gasteiger partial charge in [0, 0.05) is 32.1 Å². The summed E-state index contributed by atoms with van der Waals surface area (Å²) in [4.78, 5) is 26.7. The highest BCUT2D eigenvalue weighted by atomic mass is 16.5. The topological polar surface area (TPSA) is 129 Å². The fourth-order valence-electron chi connectivity index (χ4n) is 4.36. The van der Waals surface area contributed by atoms with Crippen LogP contribution in [0.25, 0.3) is 22.6 Å². The molecule has 1 atom stereocenters. The lowest BCUT2D eigenvalue weighted by Crippen LogP contribution is -2.28. The summed E-state index contributed by atoms with van der Waals surface area (Å²) >= 11 is 0. The van der Waals surface area contributed by atoms with E-state index in [4.69, 9.17) is 15.2 Å². The predicted octanol–water partition coefficient (Wildman–Crippen LogP) is 3.08. The van der Waals surface area contributed by atoms with E-state index in [1.165, 1.54) is 4.90 Å². The Morgan fingerprint density at radius 1 is 1.17 bits per heavy atom. The monoisotopic (exact) mass is 472 g/mol. The van der Waals surface area contributed by atoms with Gasteiger partial charge in [0.1, 0.15) is 6.54 Å². The van der Waals surface area contributed by atoms with Crippen LogP contribution in [0.4, 0.5) is 5.95 Å². The Bertz CT molecular complexity index is 1370. The number of aromatic nitrogens is 6. The molecule has 1 aliphatic carbocycles. The maximum Gasteiger partial charge on any atom is 0.261 e. The molecule has 0 bridgehead atoms. The number of carbonyl (C=O) groups is 1. The number of rotatable bonds is 7. The van der Waals surface area contributed by atoms with Crippen molar-refractivity contribution in [2.24, 2.45) is 5.92 Å². The number of amides is 1. The quantitative estimate of drug-likeness (QED) is 0.434. The maximum atomic E-state index is 12.0. The lowest BCUT2D eigenvalue weighted by atomic mass is 9.76. The van der Waals surface area contributed by atoms with Gasteiger partial charge in [-0.2, -0.15) is 10.1 Å². The van der Waals surface area contributed by atoms with Crippen LogP contribution in [-0.2, 0) is 16.8 Å².